The van der Waals surface area contributed by atoms with Crippen LogP contribution in [-0.4, -0.2) is 11.5 Å². The van der Waals surface area contributed by atoms with Crippen molar-refractivity contribution in [2.45, 2.75) is 33.2 Å². The van der Waals surface area contributed by atoms with Gasteiger partial charge in [0.25, 0.3) is 0 Å². The van der Waals surface area contributed by atoms with Gasteiger partial charge in [-0.25, -0.2) is 0 Å². The van der Waals surface area contributed by atoms with Crippen molar-refractivity contribution in [3.63, 3.8) is 0 Å². The Kier molecular flexibility index (Phi) is 4.15. The van der Waals surface area contributed by atoms with E-state index in [1.807, 2.05) is 26.2 Å². The number of aromatic nitrogens is 1. The summed E-state index contributed by atoms with van der Waals surface area (Å²) in [5.41, 5.74) is 2.54. The lowest BCUT2D eigenvalue weighted by atomic mass is 10.00. The highest BCUT2D eigenvalue weighted by Gasteiger charge is 2.16. The molecule has 1 atom stereocenters. The molecule has 1 unspecified atom stereocenters. The standard InChI is InChI=1S/C15H20N2O/c1-4-17-15(10-13-5-7-16-8-6-13)14-9-11(2)18-12(14)3/h5-9,15,17H,4,10H2,1-3H3. The van der Waals surface area contributed by atoms with Gasteiger partial charge in [0.2, 0.25) is 0 Å². The van der Waals surface area contributed by atoms with Crippen LogP contribution in [0.15, 0.2) is 35.0 Å². The summed E-state index contributed by atoms with van der Waals surface area (Å²) >= 11 is 0. The van der Waals surface area contributed by atoms with Crippen molar-refractivity contribution in [1.29, 1.82) is 0 Å². The molecular weight excluding hydrogens is 224 g/mol. The number of aryl methyl sites for hydroxylation is 2. The zero-order valence-electron chi connectivity index (χ0n) is 11.2. The Morgan fingerprint density at radius 2 is 2.00 bits per heavy atom. The van der Waals surface area contributed by atoms with E-state index in [-0.39, 0.29) is 0 Å². The SMILES string of the molecule is CCNC(Cc1ccncc1)c1cc(C)oc1C. The van der Waals surface area contributed by atoms with Crippen molar-refractivity contribution in [3.8, 4) is 0 Å². The van der Waals surface area contributed by atoms with E-state index < -0.39 is 0 Å². The molecule has 0 aliphatic rings. The number of pyridine rings is 1. The second-order valence-corrected chi connectivity index (χ2v) is 4.54. The molecule has 0 saturated heterocycles. The number of nitrogens with zero attached hydrogens (tertiary/aromatic N) is 1. The summed E-state index contributed by atoms with van der Waals surface area (Å²) in [7, 11) is 0. The maximum Gasteiger partial charge on any atom is 0.105 e. The van der Waals surface area contributed by atoms with E-state index in [1.54, 1.807) is 0 Å². The second kappa shape index (κ2) is 5.83. The first-order valence-electron chi connectivity index (χ1n) is 6.40. The molecule has 0 spiro atoms. The van der Waals surface area contributed by atoms with Crippen molar-refractivity contribution in [2.24, 2.45) is 0 Å². The normalized spacial score (nSPS) is 12.6. The van der Waals surface area contributed by atoms with Gasteiger partial charge in [-0.15, -0.1) is 0 Å². The smallest absolute Gasteiger partial charge is 0.105 e. The Labute approximate surface area is 108 Å². The summed E-state index contributed by atoms with van der Waals surface area (Å²) in [5, 5.41) is 3.52. The molecule has 18 heavy (non-hydrogen) atoms. The number of rotatable bonds is 5. The van der Waals surface area contributed by atoms with Crippen LogP contribution in [0.3, 0.4) is 0 Å². The minimum absolute atomic E-state index is 0.301. The van der Waals surface area contributed by atoms with Gasteiger partial charge in [-0.05, 0) is 50.6 Å². The van der Waals surface area contributed by atoms with Gasteiger partial charge in [0, 0.05) is 24.0 Å². The molecule has 3 heteroatoms. The number of hydrogen-bond donors (Lipinski definition) is 1. The van der Waals surface area contributed by atoms with Crippen LogP contribution in [0.5, 0.6) is 0 Å². The number of nitrogens with one attached hydrogen (secondary N) is 1. The van der Waals surface area contributed by atoms with Crippen LogP contribution in [0.4, 0.5) is 0 Å². The zero-order valence-corrected chi connectivity index (χ0v) is 11.2. The largest absolute Gasteiger partial charge is 0.466 e. The van der Waals surface area contributed by atoms with Crippen molar-refractivity contribution in [2.75, 3.05) is 6.54 Å². The van der Waals surface area contributed by atoms with Crippen LogP contribution in [0.2, 0.25) is 0 Å². The maximum atomic E-state index is 5.63. The quantitative estimate of drug-likeness (QED) is 0.877. The summed E-state index contributed by atoms with van der Waals surface area (Å²) in [6.45, 7) is 7.09. The lowest BCUT2D eigenvalue weighted by Crippen LogP contribution is -2.23. The van der Waals surface area contributed by atoms with Gasteiger partial charge < -0.3 is 9.73 Å². The molecule has 0 amide bonds. The molecule has 0 saturated carbocycles. The lowest BCUT2D eigenvalue weighted by Gasteiger charge is -2.17. The van der Waals surface area contributed by atoms with E-state index in [1.165, 1.54) is 11.1 Å². The number of furan rings is 1. The van der Waals surface area contributed by atoms with E-state index in [4.69, 9.17) is 4.42 Å². The predicted molar refractivity (Wildman–Crippen MR) is 72.5 cm³/mol. The first-order valence-corrected chi connectivity index (χ1v) is 6.40. The van der Waals surface area contributed by atoms with Gasteiger partial charge in [-0.2, -0.15) is 0 Å². The molecule has 3 nitrogen and oxygen atoms in total. The number of likely N-dealkylation sites (N-methyl/N-ethyl adjacent to an activating group) is 1. The fraction of sp³-hybridized carbons (Fsp3) is 0.400. The average Bonchev–Trinajstić information content (AvgIpc) is 2.69. The molecule has 0 fully saturated rings. The van der Waals surface area contributed by atoms with Crippen LogP contribution in [0.25, 0.3) is 0 Å². The molecule has 1 N–H and O–H groups in total. The second-order valence-electron chi connectivity index (χ2n) is 4.54. The van der Waals surface area contributed by atoms with Gasteiger partial charge in [0.1, 0.15) is 11.5 Å². The Bertz CT molecular complexity index is 490. The van der Waals surface area contributed by atoms with E-state index in [2.05, 4.69) is 35.4 Å². The van der Waals surface area contributed by atoms with Gasteiger partial charge in [-0.3, -0.25) is 4.98 Å². The van der Waals surface area contributed by atoms with Crippen molar-refractivity contribution in [3.05, 3.63) is 53.2 Å². The van der Waals surface area contributed by atoms with E-state index in [9.17, 15) is 0 Å². The summed E-state index contributed by atoms with van der Waals surface area (Å²) in [4.78, 5) is 4.05. The fourth-order valence-electron chi connectivity index (χ4n) is 2.29. The third-order valence-electron chi connectivity index (χ3n) is 3.09. The Hall–Kier alpha value is -1.61. The predicted octanol–water partition coefficient (Wildman–Crippen LogP) is 3.18. The van der Waals surface area contributed by atoms with Gasteiger partial charge in [0.15, 0.2) is 0 Å². The highest BCUT2D eigenvalue weighted by atomic mass is 16.3. The molecule has 2 heterocycles. The number of hydrogen-bond acceptors (Lipinski definition) is 3. The summed E-state index contributed by atoms with van der Waals surface area (Å²) < 4.78 is 5.63. The Morgan fingerprint density at radius 1 is 1.28 bits per heavy atom. The molecule has 0 aliphatic carbocycles. The fourth-order valence-corrected chi connectivity index (χ4v) is 2.29. The molecule has 0 radical (unpaired) electrons. The Morgan fingerprint density at radius 3 is 2.56 bits per heavy atom. The van der Waals surface area contributed by atoms with Crippen LogP contribution in [0, 0.1) is 13.8 Å². The third-order valence-corrected chi connectivity index (χ3v) is 3.09. The summed E-state index contributed by atoms with van der Waals surface area (Å²) in [6.07, 6.45) is 4.63. The molecule has 0 aliphatic heterocycles. The van der Waals surface area contributed by atoms with Gasteiger partial charge in [-0.1, -0.05) is 6.92 Å². The maximum absolute atomic E-state index is 5.63. The third kappa shape index (κ3) is 2.99. The monoisotopic (exact) mass is 244 g/mol. The molecule has 2 rings (SSSR count). The van der Waals surface area contributed by atoms with E-state index in [0.29, 0.717) is 6.04 Å². The lowest BCUT2D eigenvalue weighted by molar-refractivity contribution is 0.484. The van der Waals surface area contributed by atoms with Crippen LogP contribution < -0.4 is 5.32 Å². The van der Waals surface area contributed by atoms with Crippen LogP contribution in [0.1, 0.15) is 35.6 Å². The van der Waals surface area contributed by atoms with Crippen molar-refractivity contribution in [1.82, 2.24) is 10.3 Å². The van der Waals surface area contributed by atoms with Crippen molar-refractivity contribution < 1.29 is 4.42 Å². The molecule has 0 aromatic carbocycles. The molecule has 96 valence electrons. The van der Waals surface area contributed by atoms with Crippen molar-refractivity contribution >= 4 is 0 Å². The molecule has 0 bridgehead atoms. The van der Waals surface area contributed by atoms with E-state index >= 15 is 0 Å². The minimum atomic E-state index is 0.301. The highest BCUT2D eigenvalue weighted by Crippen LogP contribution is 2.24. The molecule has 2 aromatic rings. The first kappa shape index (κ1) is 12.8. The van der Waals surface area contributed by atoms with Gasteiger partial charge in [0.05, 0.1) is 0 Å². The minimum Gasteiger partial charge on any atom is -0.466 e. The Balaban J connectivity index is 2.21. The summed E-state index contributed by atoms with van der Waals surface area (Å²) in [5.74, 6) is 1.98. The zero-order chi connectivity index (χ0) is 13.0. The summed E-state index contributed by atoms with van der Waals surface area (Å²) in [6, 6.07) is 6.55. The van der Waals surface area contributed by atoms with E-state index in [0.717, 1.165) is 24.5 Å². The van der Waals surface area contributed by atoms with Crippen LogP contribution >= 0.6 is 0 Å². The average molecular weight is 244 g/mol. The van der Waals surface area contributed by atoms with Gasteiger partial charge >= 0.3 is 0 Å². The van der Waals surface area contributed by atoms with Crippen LogP contribution in [-0.2, 0) is 6.42 Å². The molecule has 2 aromatic heterocycles. The topological polar surface area (TPSA) is 38.1 Å². The molecular formula is C15H20N2O. The first-order chi connectivity index (χ1) is 8.70. The highest BCUT2D eigenvalue weighted by molar-refractivity contribution is 5.26.